The summed E-state index contributed by atoms with van der Waals surface area (Å²) in [6, 6.07) is 3.92. The molecule has 4 heteroatoms. The lowest BCUT2D eigenvalue weighted by atomic mass is 10.1. The van der Waals surface area contributed by atoms with Crippen LogP contribution in [0.15, 0.2) is 12.1 Å². The lowest BCUT2D eigenvalue weighted by Crippen LogP contribution is -2.06. The molecule has 1 aromatic rings. The van der Waals surface area contributed by atoms with Crippen molar-refractivity contribution >= 4 is 0 Å². The molecule has 0 aliphatic heterocycles. The molecule has 0 unspecified atom stereocenters. The zero-order valence-corrected chi connectivity index (χ0v) is 12.4. The number of ether oxygens (including phenoxy) is 3. The van der Waals surface area contributed by atoms with Crippen molar-refractivity contribution in [1.82, 2.24) is 0 Å². The first-order valence-corrected chi connectivity index (χ1v) is 6.70. The van der Waals surface area contributed by atoms with Crippen molar-refractivity contribution in [2.24, 2.45) is 11.7 Å². The van der Waals surface area contributed by atoms with Crippen molar-refractivity contribution in [3.8, 4) is 17.2 Å². The SMILES string of the molecule is COc1cc(CCN)cc(OC)c1OCCC(C)C. The van der Waals surface area contributed by atoms with Crippen LogP contribution >= 0.6 is 0 Å². The summed E-state index contributed by atoms with van der Waals surface area (Å²) in [5.41, 5.74) is 6.67. The van der Waals surface area contributed by atoms with Crippen LogP contribution in [-0.2, 0) is 6.42 Å². The van der Waals surface area contributed by atoms with E-state index in [1.807, 2.05) is 12.1 Å². The topological polar surface area (TPSA) is 53.7 Å². The van der Waals surface area contributed by atoms with E-state index in [0.29, 0.717) is 36.3 Å². The van der Waals surface area contributed by atoms with Gasteiger partial charge in [-0.05, 0) is 43.0 Å². The maximum Gasteiger partial charge on any atom is 0.203 e. The van der Waals surface area contributed by atoms with E-state index < -0.39 is 0 Å². The van der Waals surface area contributed by atoms with Crippen molar-refractivity contribution < 1.29 is 14.2 Å². The summed E-state index contributed by atoms with van der Waals surface area (Å²) in [7, 11) is 3.27. The van der Waals surface area contributed by atoms with Gasteiger partial charge in [-0.2, -0.15) is 0 Å². The molecule has 0 aliphatic rings. The van der Waals surface area contributed by atoms with E-state index >= 15 is 0 Å². The van der Waals surface area contributed by atoms with Crippen LogP contribution in [0.4, 0.5) is 0 Å². The molecule has 0 bridgehead atoms. The first-order chi connectivity index (χ1) is 9.12. The van der Waals surface area contributed by atoms with E-state index in [1.165, 1.54) is 0 Å². The number of benzene rings is 1. The molecular formula is C15H25NO3. The highest BCUT2D eigenvalue weighted by Crippen LogP contribution is 2.38. The lowest BCUT2D eigenvalue weighted by molar-refractivity contribution is 0.257. The summed E-state index contributed by atoms with van der Waals surface area (Å²) in [6.07, 6.45) is 1.79. The molecule has 0 saturated carbocycles. The van der Waals surface area contributed by atoms with Crippen LogP contribution in [0, 0.1) is 5.92 Å². The molecule has 0 saturated heterocycles. The zero-order valence-electron chi connectivity index (χ0n) is 12.4. The van der Waals surface area contributed by atoms with E-state index in [4.69, 9.17) is 19.9 Å². The Labute approximate surface area is 115 Å². The van der Waals surface area contributed by atoms with Gasteiger partial charge < -0.3 is 19.9 Å². The van der Waals surface area contributed by atoms with Gasteiger partial charge >= 0.3 is 0 Å². The quantitative estimate of drug-likeness (QED) is 0.786. The van der Waals surface area contributed by atoms with Gasteiger partial charge in [-0.3, -0.25) is 0 Å². The van der Waals surface area contributed by atoms with E-state index in [0.717, 1.165) is 18.4 Å². The van der Waals surface area contributed by atoms with Gasteiger partial charge in [-0.15, -0.1) is 0 Å². The van der Waals surface area contributed by atoms with E-state index in [2.05, 4.69) is 13.8 Å². The summed E-state index contributed by atoms with van der Waals surface area (Å²) in [5, 5.41) is 0. The standard InChI is InChI=1S/C15H25NO3/c1-11(2)6-8-19-15-13(17-3)9-12(5-7-16)10-14(15)18-4/h9-11H,5-8,16H2,1-4H3. The Balaban J connectivity index is 2.92. The summed E-state index contributed by atoms with van der Waals surface area (Å²) in [6.45, 7) is 5.59. The molecule has 1 aromatic carbocycles. The molecule has 0 spiro atoms. The first kappa shape index (κ1) is 15.6. The van der Waals surface area contributed by atoms with Crippen molar-refractivity contribution in [2.45, 2.75) is 26.7 Å². The highest BCUT2D eigenvalue weighted by atomic mass is 16.5. The van der Waals surface area contributed by atoms with Crippen molar-refractivity contribution in [2.75, 3.05) is 27.4 Å². The summed E-state index contributed by atoms with van der Waals surface area (Å²) >= 11 is 0. The molecule has 108 valence electrons. The number of methoxy groups -OCH3 is 2. The Morgan fingerprint density at radius 2 is 1.68 bits per heavy atom. The van der Waals surface area contributed by atoms with Crippen LogP contribution in [0.5, 0.6) is 17.2 Å². The second-order valence-corrected chi connectivity index (χ2v) is 4.90. The normalized spacial score (nSPS) is 10.6. The molecule has 0 fully saturated rings. The predicted molar refractivity (Wildman–Crippen MR) is 77.3 cm³/mol. The van der Waals surface area contributed by atoms with E-state index in [1.54, 1.807) is 14.2 Å². The minimum Gasteiger partial charge on any atom is -0.493 e. The van der Waals surface area contributed by atoms with E-state index in [9.17, 15) is 0 Å². The number of rotatable bonds is 8. The Bertz CT molecular complexity index is 366. The zero-order chi connectivity index (χ0) is 14.3. The molecule has 0 aromatic heterocycles. The van der Waals surface area contributed by atoms with Gasteiger partial charge in [0.05, 0.1) is 20.8 Å². The van der Waals surface area contributed by atoms with Crippen molar-refractivity contribution in [3.63, 3.8) is 0 Å². The summed E-state index contributed by atoms with van der Waals surface area (Å²) in [5.74, 6) is 2.68. The second-order valence-electron chi connectivity index (χ2n) is 4.90. The van der Waals surface area contributed by atoms with Gasteiger partial charge in [0.1, 0.15) is 0 Å². The third kappa shape index (κ3) is 4.63. The number of nitrogens with two attached hydrogens (primary N) is 1. The van der Waals surface area contributed by atoms with Gasteiger partial charge in [-0.25, -0.2) is 0 Å². The molecule has 2 N–H and O–H groups in total. The molecular weight excluding hydrogens is 242 g/mol. The fourth-order valence-corrected chi connectivity index (χ4v) is 1.78. The molecule has 0 heterocycles. The van der Waals surface area contributed by atoms with E-state index in [-0.39, 0.29) is 0 Å². The third-order valence-corrected chi connectivity index (χ3v) is 2.90. The Kier molecular flexibility index (Phi) is 6.50. The van der Waals surface area contributed by atoms with Crippen molar-refractivity contribution in [3.05, 3.63) is 17.7 Å². The average molecular weight is 267 g/mol. The molecule has 0 amide bonds. The minimum absolute atomic E-state index is 0.597. The highest BCUT2D eigenvalue weighted by molar-refractivity contribution is 5.54. The summed E-state index contributed by atoms with van der Waals surface area (Å²) < 4.78 is 16.6. The summed E-state index contributed by atoms with van der Waals surface area (Å²) in [4.78, 5) is 0. The highest BCUT2D eigenvalue weighted by Gasteiger charge is 2.14. The molecule has 1 rings (SSSR count). The van der Waals surface area contributed by atoms with Crippen LogP contribution in [0.1, 0.15) is 25.8 Å². The van der Waals surface area contributed by atoms with Gasteiger partial charge in [0, 0.05) is 0 Å². The van der Waals surface area contributed by atoms with Crippen LogP contribution < -0.4 is 19.9 Å². The maximum absolute atomic E-state index is 5.81. The molecule has 4 nitrogen and oxygen atoms in total. The second kappa shape index (κ2) is 7.89. The Morgan fingerprint density at radius 3 is 2.11 bits per heavy atom. The van der Waals surface area contributed by atoms with Crippen LogP contribution in [-0.4, -0.2) is 27.4 Å². The van der Waals surface area contributed by atoms with Gasteiger partial charge in [0.2, 0.25) is 5.75 Å². The van der Waals surface area contributed by atoms with Gasteiger partial charge in [0.15, 0.2) is 11.5 Å². The number of hydrogen-bond acceptors (Lipinski definition) is 4. The average Bonchev–Trinajstić information content (AvgIpc) is 2.39. The van der Waals surface area contributed by atoms with Crippen LogP contribution in [0.2, 0.25) is 0 Å². The molecule has 0 aliphatic carbocycles. The van der Waals surface area contributed by atoms with Gasteiger partial charge in [-0.1, -0.05) is 13.8 Å². The fraction of sp³-hybridized carbons (Fsp3) is 0.600. The monoisotopic (exact) mass is 267 g/mol. The minimum atomic E-state index is 0.597. The third-order valence-electron chi connectivity index (χ3n) is 2.90. The smallest absolute Gasteiger partial charge is 0.203 e. The predicted octanol–water partition coefficient (Wildman–Crippen LogP) is 2.63. The van der Waals surface area contributed by atoms with Crippen molar-refractivity contribution in [1.29, 1.82) is 0 Å². The Morgan fingerprint density at radius 1 is 1.11 bits per heavy atom. The lowest BCUT2D eigenvalue weighted by Gasteiger charge is -2.16. The maximum atomic E-state index is 5.81. The molecule has 0 radical (unpaired) electrons. The molecule has 0 atom stereocenters. The fourth-order valence-electron chi connectivity index (χ4n) is 1.78. The number of hydrogen-bond donors (Lipinski definition) is 1. The first-order valence-electron chi connectivity index (χ1n) is 6.70. The van der Waals surface area contributed by atoms with Gasteiger partial charge in [0.25, 0.3) is 0 Å². The van der Waals surface area contributed by atoms with Crippen LogP contribution in [0.25, 0.3) is 0 Å². The Hall–Kier alpha value is -1.42. The molecule has 19 heavy (non-hydrogen) atoms. The largest absolute Gasteiger partial charge is 0.493 e. The van der Waals surface area contributed by atoms with Crippen LogP contribution in [0.3, 0.4) is 0 Å².